The number of rotatable bonds is 3. The molecule has 0 aromatic rings. The Morgan fingerprint density at radius 3 is 2.18 bits per heavy atom. The maximum atomic E-state index is 11.4. The molecular formula is C19H29NO8. The van der Waals surface area contributed by atoms with E-state index in [2.05, 4.69) is 0 Å². The molecule has 2 saturated carbocycles. The SMILES string of the molecule is O=[N+]([O-])C[C@@]1(O)[C@@H]([C@H]2COC3(CCCCC3)O2)O[C@@H]2OC3(CCCCC3)O[C@@H]21. The van der Waals surface area contributed by atoms with Crippen molar-refractivity contribution in [1.82, 2.24) is 0 Å². The molecule has 0 radical (unpaired) electrons. The summed E-state index contributed by atoms with van der Waals surface area (Å²) in [4.78, 5) is 10.9. The van der Waals surface area contributed by atoms with Gasteiger partial charge in [0, 0.05) is 30.6 Å². The Hall–Kier alpha value is -0.840. The number of hydrogen-bond donors (Lipinski definition) is 1. The van der Waals surface area contributed by atoms with Gasteiger partial charge in [0.25, 0.3) is 0 Å². The van der Waals surface area contributed by atoms with E-state index >= 15 is 0 Å². The van der Waals surface area contributed by atoms with Crippen LogP contribution < -0.4 is 0 Å². The number of ether oxygens (including phenoxy) is 5. The standard InChI is InChI=1S/C19H29NO8/c21-19(12-20(22)23)14(13-11-24-17(26-13)7-3-1-4-8-17)25-16-15(19)27-18(28-16)9-5-2-6-10-18/h13-16,21H,1-12H2/t13-,14-,15+,16-,19-/m1/s1. The van der Waals surface area contributed by atoms with E-state index in [1.165, 1.54) is 0 Å². The summed E-state index contributed by atoms with van der Waals surface area (Å²) >= 11 is 0. The van der Waals surface area contributed by atoms with Gasteiger partial charge >= 0.3 is 0 Å². The molecule has 5 atom stereocenters. The van der Waals surface area contributed by atoms with Gasteiger partial charge in [0.2, 0.25) is 6.54 Å². The maximum absolute atomic E-state index is 11.4. The largest absolute Gasteiger partial charge is 0.378 e. The lowest BCUT2D eigenvalue weighted by Crippen LogP contribution is -2.58. The van der Waals surface area contributed by atoms with Gasteiger partial charge < -0.3 is 28.8 Å². The molecule has 9 nitrogen and oxygen atoms in total. The molecule has 5 rings (SSSR count). The van der Waals surface area contributed by atoms with Gasteiger partial charge in [-0.05, 0) is 25.7 Å². The Kier molecular flexibility index (Phi) is 4.68. The Morgan fingerprint density at radius 2 is 1.54 bits per heavy atom. The van der Waals surface area contributed by atoms with Crippen LogP contribution in [0.2, 0.25) is 0 Å². The molecule has 3 aliphatic heterocycles. The second-order valence-corrected chi connectivity index (χ2v) is 8.97. The highest BCUT2D eigenvalue weighted by Gasteiger charge is 2.69. The molecule has 1 N–H and O–H groups in total. The molecule has 28 heavy (non-hydrogen) atoms. The van der Waals surface area contributed by atoms with Crippen molar-refractivity contribution in [3.63, 3.8) is 0 Å². The molecule has 0 unspecified atom stereocenters. The van der Waals surface area contributed by atoms with Crippen molar-refractivity contribution < 1.29 is 33.7 Å². The Bertz CT molecular complexity index is 617. The lowest BCUT2D eigenvalue weighted by atomic mass is 9.88. The van der Waals surface area contributed by atoms with Crippen LogP contribution in [0, 0.1) is 10.1 Å². The van der Waals surface area contributed by atoms with Crippen molar-refractivity contribution in [1.29, 1.82) is 0 Å². The molecule has 5 fully saturated rings. The van der Waals surface area contributed by atoms with Crippen molar-refractivity contribution in [3.05, 3.63) is 10.1 Å². The zero-order valence-corrected chi connectivity index (χ0v) is 16.0. The Balaban J connectivity index is 1.36. The molecule has 2 spiro atoms. The molecule has 0 aromatic carbocycles. The maximum Gasteiger partial charge on any atom is 0.237 e. The van der Waals surface area contributed by atoms with Crippen LogP contribution in [0.3, 0.4) is 0 Å². The van der Waals surface area contributed by atoms with Gasteiger partial charge in [-0.15, -0.1) is 0 Å². The fourth-order valence-electron chi connectivity index (χ4n) is 5.65. The van der Waals surface area contributed by atoms with Gasteiger partial charge in [-0.2, -0.15) is 0 Å². The molecule has 0 aromatic heterocycles. The zero-order chi connectivity index (χ0) is 19.4. The summed E-state index contributed by atoms with van der Waals surface area (Å²) < 4.78 is 30.5. The minimum absolute atomic E-state index is 0.245. The fourth-order valence-corrected chi connectivity index (χ4v) is 5.65. The summed E-state index contributed by atoms with van der Waals surface area (Å²) in [7, 11) is 0. The lowest BCUT2D eigenvalue weighted by molar-refractivity contribution is -0.507. The number of fused-ring (bicyclic) bond motifs is 1. The van der Waals surface area contributed by atoms with E-state index in [1.54, 1.807) is 0 Å². The summed E-state index contributed by atoms with van der Waals surface area (Å²) in [6, 6.07) is 0. The summed E-state index contributed by atoms with van der Waals surface area (Å²) in [6.45, 7) is -0.430. The monoisotopic (exact) mass is 399 g/mol. The summed E-state index contributed by atoms with van der Waals surface area (Å²) in [5.74, 6) is -1.44. The van der Waals surface area contributed by atoms with Gasteiger partial charge in [-0.25, -0.2) is 0 Å². The van der Waals surface area contributed by atoms with Gasteiger partial charge in [-0.1, -0.05) is 12.8 Å². The molecule has 0 bridgehead atoms. The number of nitrogens with zero attached hydrogens (tertiary/aromatic N) is 1. The van der Waals surface area contributed by atoms with E-state index in [4.69, 9.17) is 23.7 Å². The van der Waals surface area contributed by atoms with E-state index in [0.29, 0.717) is 12.8 Å². The molecule has 5 aliphatic rings. The first kappa shape index (κ1) is 19.1. The topological polar surface area (TPSA) is 110 Å². The minimum atomic E-state index is -1.82. The molecule has 158 valence electrons. The van der Waals surface area contributed by atoms with Crippen LogP contribution in [-0.4, -0.2) is 65.0 Å². The first-order chi connectivity index (χ1) is 13.4. The van der Waals surface area contributed by atoms with Crippen molar-refractivity contribution in [2.24, 2.45) is 0 Å². The molecule has 3 heterocycles. The smallest absolute Gasteiger partial charge is 0.237 e. The Morgan fingerprint density at radius 1 is 0.893 bits per heavy atom. The van der Waals surface area contributed by atoms with Crippen molar-refractivity contribution >= 4 is 0 Å². The average molecular weight is 399 g/mol. The van der Waals surface area contributed by atoms with Gasteiger partial charge in [0.05, 0.1) is 6.61 Å². The molecule has 3 saturated heterocycles. The lowest BCUT2D eigenvalue weighted by Gasteiger charge is -2.37. The predicted octanol–water partition coefficient (Wildman–Crippen LogP) is 1.87. The highest BCUT2D eigenvalue weighted by Crippen LogP contribution is 2.51. The first-order valence-electron chi connectivity index (χ1n) is 10.6. The number of nitro groups is 1. The van der Waals surface area contributed by atoms with E-state index in [1.807, 2.05) is 0 Å². The van der Waals surface area contributed by atoms with Crippen molar-refractivity contribution in [2.45, 2.75) is 106 Å². The molecule has 0 amide bonds. The third-order valence-electron chi connectivity index (χ3n) is 7.01. The van der Waals surface area contributed by atoms with Crippen LogP contribution >= 0.6 is 0 Å². The van der Waals surface area contributed by atoms with Crippen LogP contribution in [0.5, 0.6) is 0 Å². The first-order valence-corrected chi connectivity index (χ1v) is 10.6. The highest BCUT2D eigenvalue weighted by atomic mass is 16.8. The number of aliphatic hydroxyl groups is 1. The summed E-state index contributed by atoms with van der Waals surface area (Å²) in [5.41, 5.74) is -1.82. The van der Waals surface area contributed by atoms with Crippen LogP contribution in [-0.2, 0) is 23.7 Å². The molecule has 2 aliphatic carbocycles. The predicted molar refractivity (Wildman–Crippen MR) is 93.9 cm³/mol. The highest BCUT2D eigenvalue weighted by molar-refractivity contribution is 5.09. The summed E-state index contributed by atoms with van der Waals surface area (Å²) in [5, 5.41) is 22.8. The van der Waals surface area contributed by atoms with Gasteiger partial charge in [0.1, 0.15) is 18.3 Å². The number of hydrogen-bond acceptors (Lipinski definition) is 8. The Labute approximate surface area is 163 Å². The second kappa shape index (κ2) is 6.85. The van der Waals surface area contributed by atoms with E-state index in [0.717, 1.165) is 51.4 Å². The van der Waals surface area contributed by atoms with E-state index in [9.17, 15) is 15.2 Å². The van der Waals surface area contributed by atoms with Gasteiger partial charge in [-0.3, -0.25) is 10.1 Å². The summed E-state index contributed by atoms with van der Waals surface area (Å²) in [6.07, 6.45) is 6.07. The van der Waals surface area contributed by atoms with Crippen LogP contribution in [0.4, 0.5) is 0 Å². The van der Waals surface area contributed by atoms with Crippen LogP contribution in [0.25, 0.3) is 0 Å². The average Bonchev–Trinajstić information content (AvgIpc) is 3.29. The minimum Gasteiger partial charge on any atom is -0.378 e. The molecule has 9 heteroatoms. The van der Waals surface area contributed by atoms with Crippen molar-refractivity contribution in [2.75, 3.05) is 13.2 Å². The normalized spacial score (nSPS) is 44.2. The third-order valence-corrected chi connectivity index (χ3v) is 7.01. The van der Waals surface area contributed by atoms with Crippen molar-refractivity contribution in [3.8, 4) is 0 Å². The molecular weight excluding hydrogens is 370 g/mol. The fraction of sp³-hybridized carbons (Fsp3) is 1.00. The van der Waals surface area contributed by atoms with Crippen LogP contribution in [0.1, 0.15) is 64.2 Å². The second-order valence-electron chi connectivity index (χ2n) is 8.97. The van der Waals surface area contributed by atoms with Crippen LogP contribution in [0.15, 0.2) is 0 Å². The third kappa shape index (κ3) is 3.07. The quantitative estimate of drug-likeness (QED) is 0.566. The van der Waals surface area contributed by atoms with Gasteiger partial charge in [0.15, 0.2) is 23.5 Å². The van der Waals surface area contributed by atoms with E-state index < -0.39 is 53.2 Å². The van der Waals surface area contributed by atoms with E-state index in [-0.39, 0.29) is 6.61 Å². The zero-order valence-electron chi connectivity index (χ0n) is 16.0.